The lowest BCUT2D eigenvalue weighted by Gasteiger charge is -2.15. The van der Waals surface area contributed by atoms with Crippen LogP contribution >= 0.6 is 0 Å². The Morgan fingerprint density at radius 2 is 1.76 bits per heavy atom. The number of methoxy groups -OCH3 is 2. The van der Waals surface area contributed by atoms with Gasteiger partial charge in [0, 0.05) is 29.9 Å². The fourth-order valence-electron chi connectivity index (χ4n) is 2.81. The highest BCUT2D eigenvalue weighted by Gasteiger charge is 2.15. The molecule has 0 fully saturated rings. The van der Waals surface area contributed by atoms with Gasteiger partial charge in [0.2, 0.25) is 0 Å². The van der Waals surface area contributed by atoms with Crippen molar-refractivity contribution in [1.82, 2.24) is 15.1 Å². The molecule has 6 heteroatoms. The summed E-state index contributed by atoms with van der Waals surface area (Å²) in [5.41, 5.74) is 3.54. The number of aromatic nitrogens is 2. The second-order valence-electron chi connectivity index (χ2n) is 6.43. The van der Waals surface area contributed by atoms with Crippen LogP contribution in [0.15, 0.2) is 18.2 Å². The van der Waals surface area contributed by atoms with Crippen molar-refractivity contribution in [3.63, 3.8) is 0 Å². The first kappa shape index (κ1) is 18.8. The fraction of sp³-hybridized carbons (Fsp3) is 0.474. The van der Waals surface area contributed by atoms with Gasteiger partial charge in [0.25, 0.3) is 5.91 Å². The molecule has 0 saturated carbocycles. The maximum absolute atomic E-state index is 12.5. The smallest absolute Gasteiger partial charge is 0.251 e. The van der Waals surface area contributed by atoms with Gasteiger partial charge in [-0.2, -0.15) is 5.10 Å². The van der Waals surface area contributed by atoms with Crippen LogP contribution in [0, 0.1) is 26.7 Å². The van der Waals surface area contributed by atoms with Crippen molar-refractivity contribution in [3.05, 3.63) is 40.7 Å². The standard InChI is InChI=1S/C19H27N3O3/c1-12(11-22-14(3)7-13(2)21-22)10-20-19(23)16-8-17(24-5)15(4)18(9-16)25-6/h7-9,12H,10-11H2,1-6H3,(H,20,23)/t12-/m1/s1. The molecule has 0 radical (unpaired) electrons. The number of ether oxygens (including phenoxy) is 2. The Bertz CT molecular complexity index is 727. The summed E-state index contributed by atoms with van der Waals surface area (Å²) >= 11 is 0. The fourth-order valence-corrected chi connectivity index (χ4v) is 2.81. The van der Waals surface area contributed by atoms with Gasteiger partial charge in [-0.05, 0) is 44.9 Å². The normalized spacial score (nSPS) is 11.9. The average Bonchev–Trinajstić information content (AvgIpc) is 2.90. The number of benzene rings is 1. The number of rotatable bonds is 7. The Balaban J connectivity index is 2.01. The number of hydrogen-bond donors (Lipinski definition) is 1. The molecule has 1 N–H and O–H groups in total. The van der Waals surface area contributed by atoms with Crippen molar-refractivity contribution in [2.75, 3.05) is 20.8 Å². The van der Waals surface area contributed by atoms with E-state index in [2.05, 4.69) is 23.4 Å². The van der Waals surface area contributed by atoms with Gasteiger partial charge < -0.3 is 14.8 Å². The van der Waals surface area contributed by atoms with Gasteiger partial charge in [0.1, 0.15) is 11.5 Å². The van der Waals surface area contributed by atoms with Gasteiger partial charge in [-0.15, -0.1) is 0 Å². The van der Waals surface area contributed by atoms with Crippen LogP contribution in [0.5, 0.6) is 11.5 Å². The van der Waals surface area contributed by atoms with Crippen LogP contribution in [0.4, 0.5) is 0 Å². The summed E-state index contributed by atoms with van der Waals surface area (Å²) in [6.45, 7) is 9.34. The molecule has 0 saturated heterocycles. The van der Waals surface area contributed by atoms with Crippen LogP contribution in [0.1, 0.15) is 34.2 Å². The molecule has 25 heavy (non-hydrogen) atoms. The predicted molar refractivity (Wildman–Crippen MR) is 97.5 cm³/mol. The first-order valence-corrected chi connectivity index (χ1v) is 8.37. The summed E-state index contributed by atoms with van der Waals surface area (Å²) in [6, 6.07) is 5.52. The van der Waals surface area contributed by atoms with E-state index in [4.69, 9.17) is 9.47 Å². The first-order chi connectivity index (χ1) is 11.8. The van der Waals surface area contributed by atoms with Gasteiger partial charge in [0.15, 0.2) is 0 Å². The zero-order valence-corrected chi connectivity index (χ0v) is 15.8. The van der Waals surface area contributed by atoms with Gasteiger partial charge >= 0.3 is 0 Å². The van der Waals surface area contributed by atoms with E-state index in [9.17, 15) is 4.79 Å². The maximum atomic E-state index is 12.5. The number of hydrogen-bond acceptors (Lipinski definition) is 4. The molecule has 0 aliphatic rings. The Hall–Kier alpha value is -2.50. The average molecular weight is 345 g/mol. The third-order valence-electron chi connectivity index (χ3n) is 4.21. The molecule has 2 aromatic rings. The number of nitrogens with one attached hydrogen (secondary N) is 1. The lowest BCUT2D eigenvalue weighted by atomic mass is 10.1. The molecule has 0 aliphatic heterocycles. The monoisotopic (exact) mass is 345 g/mol. The molecule has 0 unspecified atom stereocenters. The van der Waals surface area contributed by atoms with E-state index in [1.54, 1.807) is 26.4 Å². The Morgan fingerprint density at radius 3 is 2.24 bits per heavy atom. The number of carbonyl (C=O) groups excluding carboxylic acids is 1. The van der Waals surface area contributed by atoms with E-state index in [-0.39, 0.29) is 11.8 Å². The van der Waals surface area contributed by atoms with Gasteiger partial charge in [-0.3, -0.25) is 9.48 Å². The molecule has 136 valence electrons. The Labute approximate surface area is 149 Å². The molecule has 0 bridgehead atoms. The number of amides is 1. The van der Waals surface area contributed by atoms with E-state index in [1.807, 2.05) is 25.5 Å². The van der Waals surface area contributed by atoms with E-state index in [1.165, 1.54) is 0 Å². The molecule has 1 atom stereocenters. The van der Waals surface area contributed by atoms with Crippen molar-refractivity contribution in [2.45, 2.75) is 34.2 Å². The second-order valence-corrected chi connectivity index (χ2v) is 6.43. The van der Waals surface area contributed by atoms with Crippen molar-refractivity contribution >= 4 is 5.91 Å². The summed E-state index contributed by atoms with van der Waals surface area (Å²) < 4.78 is 12.6. The van der Waals surface area contributed by atoms with Crippen LogP contribution in [-0.2, 0) is 6.54 Å². The van der Waals surface area contributed by atoms with E-state index in [0.29, 0.717) is 23.6 Å². The zero-order chi connectivity index (χ0) is 18.6. The molecule has 1 amide bonds. The topological polar surface area (TPSA) is 65.4 Å². The van der Waals surface area contributed by atoms with Crippen molar-refractivity contribution in [2.24, 2.45) is 5.92 Å². The first-order valence-electron chi connectivity index (χ1n) is 8.37. The Morgan fingerprint density at radius 1 is 1.16 bits per heavy atom. The van der Waals surface area contributed by atoms with Crippen LogP contribution in [0.2, 0.25) is 0 Å². The van der Waals surface area contributed by atoms with E-state index < -0.39 is 0 Å². The third-order valence-corrected chi connectivity index (χ3v) is 4.21. The molecule has 1 heterocycles. The highest BCUT2D eigenvalue weighted by atomic mass is 16.5. The molecule has 2 rings (SSSR count). The molecule has 0 spiro atoms. The van der Waals surface area contributed by atoms with Crippen LogP contribution in [-0.4, -0.2) is 36.5 Å². The van der Waals surface area contributed by atoms with Crippen molar-refractivity contribution < 1.29 is 14.3 Å². The summed E-state index contributed by atoms with van der Waals surface area (Å²) in [5, 5.41) is 7.44. The lowest BCUT2D eigenvalue weighted by Crippen LogP contribution is -2.30. The van der Waals surface area contributed by atoms with E-state index >= 15 is 0 Å². The third kappa shape index (κ3) is 4.53. The predicted octanol–water partition coefficient (Wildman–Crippen LogP) is 2.89. The zero-order valence-electron chi connectivity index (χ0n) is 15.8. The number of nitrogens with zero attached hydrogens (tertiary/aromatic N) is 2. The highest BCUT2D eigenvalue weighted by Crippen LogP contribution is 2.29. The molecular weight excluding hydrogens is 318 g/mol. The lowest BCUT2D eigenvalue weighted by molar-refractivity contribution is 0.0945. The van der Waals surface area contributed by atoms with Crippen LogP contribution in [0.25, 0.3) is 0 Å². The minimum atomic E-state index is -0.142. The van der Waals surface area contributed by atoms with Crippen LogP contribution < -0.4 is 14.8 Å². The van der Waals surface area contributed by atoms with Crippen molar-refractivity contribution in [1.29, 1.82) is 0 Å². The SMILES string of the molecule is COc1cc(C(=O)NC[C@@H](C)Cn2nc(C)cc2C)cc(OC)c1C. The second kappa shape index (κ2) is 8.05. The minimum Gasteiger partial charge on any atom is -0.496 e. The number of aryl methyl sites for hydroxylation is 2. The molecular formula is C19H27N3O3. The summed E-state index contributed by atoms with van der Waals surface area (Å²) in [5.74, 6) is 1.40. The maximum Gasteiger partial charge on any atom is 0.251 e. The van der Waals surface area contributed by atoms with Crippen LogP contribution in [0.3, 0.4) is 0 Å². The van der Waals surface area contributed by atoms with Gasteiger partial charge in [-0.25, -0.2) is 0 Å². The summed E-state index contributed by atoms with van der Waals surface area (Å²) in [4.78, 5) is 12.5. The number of carbonyl (C=O) groups is 1. The molecule has 1 aromatic carbocycles. The quantitative estimate of drug-likeness (QED) is 0.838. The van der Waals surface area contributed by atoms with Gasteiger partial charge in [-0.1, -0.05) is 6.92 Å². The summed E-state index contributed by atoms with van der Waals surface area (Å²) in [6.07, 6.45) is 0. The molecule has 6 nitrogen and oxygen atoms in total. The molecule has 1 aromatic heterocycles. The minimum absolute atomic E-state index is 0.142. The van der Waals surface area contributed by atoms with Crippen molar-refractivity contribution in [3.8, 4) is 11.5 Å². The largest absolute Gasteiger partial charge is 0.496 e. The van der Waals surface area contributed by atoms with Gasteiger partial charge in [0.05, 0.1) is 19.9 Å². The highest BCUT2D eigenvalue weighted by molar-refractivity contribution is 5.95. The van der Waals surface area contributed by atoms with E-state index in [0.717, 1.165) is 23.5 Å². The summed E-state index contributed by atoms with van der Waals surface area (Å²) in [7, 11) is 3.17. The Kier molecular flexibility index (Phi) is 6.07. The molecule has 0 aliphatic carbocycles.